The van der Waals surface area contributed by atoms with Crippen LogP contribution in [0.4, 0.5) is 0 Å². The lowest BCUT2D eigenvalue weighted by Gasteiger charge is -2.08. The molecule has 0 saturated carbocycles. The number of nitrogens with zero attached hydrogens (tertiary/aromatic N) is 1. The van der Waals surface area contributed by atoms with E-state index in [-0.39, 0.29) is 17.3 Å². The third kappa shape index (κ3) is 3.64. The largest absolute Gasteiger partial charge is 0.493 e. The topological polar surface area (TPSA) is 74.2 Å². The lowest BCUT2D eigenvalue weighted by atomic mass is 10.1. The zero-order chi connectivity index (χ0) is 18.7. The summed E-state index contributed by atoms with van der Waals surface area (Å²) in [4.78, 5) is 27.7. The van der Waals surface area contributed by atoms with E-state index in [2.05, 4.69) is 4.99 Å². The maximum absolute atomic E-state index is 12.1. The Morgan fingerprint density at radius 2 is 1.92 bits per heavy atom. The van der Waals surface area contributed by atoms with Gasteiger partial charge in [0.2, 0.25) is 5.90 Å². The summed E-state index contributed by atoms with van der Waals surface area (Å²) in [7, 11) is 1.48. The van der Waals surface area contributed by atoms with E-state index in [1.165, 1.54) is 14.0 Å². The van der Waals surface area contributed by atoms with E-state index in [0.29, 0.717) is 11.3 Å². The molecule has 0 atom stereocenters. The average molecular weight is 351 g/mol. The van der Waals surface area contributed by atoms with Gasteiger partial charge in [-0.1, -0.05) is 24.3 Å². The van der Waals surface area contributed by atoms with E-state index in [1.807, 2.05) is 31.2 Å². The molecule has 0 N–H and O–H groups in total. The molecule has 2 aromatic carbocycles. The van der Waals surface area contributed by atoms with Gasteiger partial charge in [-0.05, 0) is 42.3 Å². The summed E-state index contributed by atoms with van der Waals surface area (Å²) < 4.78 is 15.6. The van der Waals surface area contributed by atoms with Crippen LogP contribution >= 0.6 is 0 Å². The molecule has 0 bridgehead atoms. The molecule has 132 valence electrons. The van der Waals surface area contributed by atoms with Gasteiger partial charge >= 0.3 is 11.9 Å². The monoisotopic (exact) mass is 351 g/mol. The third-order valence-corrected chi connectivity index (χ3v) is 3.74. The van der Waals surface area contributed by atoms with Crippen molar-refractivity contribution in [1.29, 1.82) is 0 Å². The van der Waals surface area contributed by atoms with Crippen LogP contribution in [-0.4, -0.2) is 24.9 Å². The van der Waals surface area contributed by atoms with Crippen LogP contribution in [0.1, 0.15) is 23.6 Å². The van der Waals surface area contributed by atoms with Gasteiger partial charge in [-0.2, -0.15) is 0 Å². The van der Waals surface area contributed by atoms with Crippen molar-refractivity contribution in [3.8, 4) is 11.5 Å². The molecule has 0 fully saturated rings. The molecule has 6 heteroatoms. The number of aryl methyl sites for hydroxylation is 1. The lowest BCUT2D eigenvalue weighted by Crippen LogP contribution is -2.06. The smallest absolute Gasteiger partial charge is 0.363 e. The van der Waals surface area contributed by atoms with Crippen molar-refractivity contribution in [3.63, 3.8) is 0 Å². The van der Waals surface area contributed by atoms with Gasteiger partial charge in [-0.25, -0.2) is 9.79 Å². The van der Waals surface area contributed by atoms with Gasteiger partial charge in [0.25, 0.3) is 0 Å². The summed E-state index contributed by atoms with van der Waals surface area (Å²) in [5.41, 5.74) is 2.52. The summed E-state index contributed by atoms with van der Waals surface area (Å²) in [5.74, 6) is -0.0429. The van der Waals surface area contributed by atoms with E-state index in [4.69, 9.17) is 14.2 Å². The molecule has 3 rings (SSSR count). The number of methoxy groups -OCH3 is 1. The number of hydrogen-bond acceptors (Lipinski definition) is 6. The molecule has 0 radical (unpaired) electrons. The minimum absolute atomic E-state index is 0.169. The number of hydrogen-bond donors (Lipinski definition) is 0. The quantitative estimate of drug-likeness (QED) is 0.480. The first-order valence-corrected chi connectivity index (χ1v) is 7.93. The molecule has 0 aromatic heterocycles. The highest BCUT2D eigenvalue weighted by Gasteiger charge is 2.25. The maximum atomic E-state index is 12.1. The number of rotatable bonds is 4. The maximum Gasteiger partial charge on any atom is 0.363 e. The molecule has 26 heavy (non-hydrogen) atoms. The number of carbonyl (C=O) groups is 2. The summed E-state index contributed by atoms with van der Waals surface area (Å²) in [6.45, 7) is 3.22. The van der Waals surface area contributed by atoms with Crippen molar-refractivity contribution in [2.45, 2.75) is 13.8 Å². The molecule has 0 spiro atoms. The molecule has 1 aliphatic heterocycles. The molecule has 0 amide bonds. The van der Waals surface area contributed by atoms with Crippen LogP contribution in [-0.2, 0) is 14.3 Å². The Bertz CT molecular complexity index is 943. The van der Waals surface area contributed by atoms with Crippen LogP contribution in [0.5, 0.6) is 11.5 Å². The third-order valence-electron chi connectivity index (χ3n) is 3.74. The highest BCUT2D eigenvalue weighted by atomic mass is 16.6. The van der Waals surface area contributed by atoms with Crippen LogP contribution in [0.15, 0.2) is 53.2 Å². The molecule has 6 nitrogen and oxygen atoms in total. The second kappa shape index (κ2) is 7.23. The summed E-state index contributed by atoms with van der Waals surface area (Å²) in [5, 5.41) is 0. The number of benzene rings is 2. The first-order valence-electron chi connectivity index (χ1n) is 7.93. The predicted octanol–water partition coefficient (Wildman–Crippen LogP) is 3.27. The molecule has 0 unspecified atom stereocenters. The Morgan fingerprint density at radius 3 is 2.62 bits per heavy atom. The Morgan fingerprint density at radius 1 is 1.15 bits per heavy atom. The summed E-state index contributed by atoms with van der Waals surface area (Å²) in [6, 6.07) is 12.5. The van der Waals surface area contributed by atoms with Gasteiger partial charge < -0.3 is 14.2 Å². The molecule has 1 heterocycles. The Kier molecular flexibility index (Phi) is 4.84. The second-order valence-electron chi connectivity index (χ2n) is 5.65. The summed E-state index contributed by atoms with van der Waals surface area (Å²) in [6.07, 6.45) is 1.57. The van der Waals surface area contributed by atoms with E-state index in [9.17, 15) is 9.59 Å². The number of ether oxygens (including phenoxy) is 3. The van der Waals surface area contributed by atoms with E-state index >= 15 is 0 Å². The highest BCUT2D eigenvalue weighted by Crippen LogP contribution is 2.30. The zero-order valence-electron chi connectivity index (χ0n) is 14.6. The van der Waals surface area contributed by atoms with Gasteiger partial charge in [0.05, 0.1) is 7.11 Å². The fourth-order valence-electron chi connectivity index (χ4n) is 2.51. The number of carbonyl (C=O) groups excluding carboxylic acids is 2. The van der Waals surface area contributed by atoms with Crippen molar-refractivity contribution in [2.24, 2.45) is 4.99 Å². The first kappa shape index (κ1) is 17.4. The molecule has 0 saturated heterocycles. The minimum atomic E-state index is -0.534. The molecule has 0 aliphatic carbocycles. The van der Waals surface area contributed by atoms with Gasteiger partial charge in [0, 0.05) is 12.5 Å². The van der Waals surface area contributed by atoms with Crippen molar-refractivity contribution >= 4 is 23.9 Å². The van der Waals surface area contributed by atoms with Gasteiger partial charge in [0.1, 0.15) is 0 Å². The van der Waals surface area contributed by atoms with E-state index < -0.39 is 11.9 Å². The van der Waals surface area contributed by atoms with Crippen LogP contribution in [0.3, 0.4) is 0 Å². The van der Waals surface area contributed by atoms with E-state index in [1.54, 1.807) is 24.3 Å². The van der Waals surface area contributed by atoms with Crippen LogP contribution in [0.25, 0.3) is 6.08 Å². The van der Waals surface area contributed by atoms with Gasteiger partial charge in [-0.15, -0.1) is 0 Å². The predicted molar refractivity (Wildman–Crippen MR) is 96.1 cm³/mol. The normalized spacial score (nSPS) is 14.8. The molecular formula is C20H17NO5. The van der Waals surface area contributed by atoms with Crippen molar-refractivity contribution in [3.05, 3.63) is 64.9 Å². The summed E-state index contributed by atoms with van der Waals surface area (Å²) >= 11 is 0. The minimum Gasteiger partial charge on any atom is -0.493 e. The van der Waals surface area contributed by atoms with Gasteiger partial charge in [-0.3, -0.25) is 4.79 Å². The van der Waals surface area contributed by atoms with Gasteiger partial charge in [0.15, 0.2) is 17.2 Å². The highest BCUT2D eigenvalue weighted by molar-refractivity contribution is 6.13. The first-order chi connectivity index (χ1) is 12.5. The van der Waals surface area contributed by atoms with Crippen molar-refractivity contribution in [2.75, 3.05) is 7.11 Å². The average Bonchev–Trinajstić information content (AvgIpc) is 2.95. The standard InChI is InChI=1S/C20H17NO5/c1-12-6-4-5-7-15(12)19-21-16(20(23)26-19)10-14-8-9-17(24-3)18(11-14)25-13(2)22/h4-11H,1-3H3/b16-10+. The fourth-order valence-corrected chi connectivity index (χ4v) is 2.51. The van der Waals surface area contributed by atoms with Crippen LogP contribution in [0, 0.1) is 6.92 Å². The number of cyclic esters (lactones) is 1. The van der Waals surface area contributed by atoms with E-state index in [0.717, 1.165) is 11.1 Å². The number of aliphatic imine (C=N–C) groups is 1. The Labute approximate surface area is 150 Å². The molecule has 1 aliphatic rings. The Balaban J connectivity index is 1.96. The fraction of sp³-hybridized carbons (Fsp3) is 0.150. The lowest BCUT2D eigenvalue weighted by molar-refractivity contribution is -0.132. The van der Waals surface area contributed by atoms with Crippen LogP contribution in [0.2, 0.25) is 0 Å². The SMILES string of the molecule is COc1ccc(/C=C2/N=C(c3ccccc3C)OC2=O)cc1OC(C)=O. The van der Waals surface area contributed by atoms with Crippen LogP contribution < -0.4 is 9.47 Å². The van der Waals surface area contributed by atoms with Crippen molar-refractivity contribution < 1.29 is 23.8 Å². The number of esters is 2. The Hall–Kier alpha value is -3.41. The molecular weight excluding hydrogens is 334 g/mol. The zero-order valence-corrected chi connectivity index (χ0v) is 14.6. The second-order valence-corrected chi connectivity index (χ2v) is 5.65. The molecule has 2 aromatic rings. The van der Waals surface area contributed by atoms with Crippen molar-refractivity contribution in [1.82, 2.24) is 0 Å².